The number of nitrogens with one attached hydrogen (secondary N) is 1. The lowest BCUT2D eigenvalue weighted by Crippen LogP contribution is -2.24. The highest BCUT2D eigenvalue weighted by molar-refractivity contribution is 5.67. The number of nitrogen functional groups attached to an aromatic ring is 1. The largest absolute Gasteiger partial charge is 0.378 e. The zero-order chi connectivity index (χ0) is 15.2. The van der Waals surface area contributed by atoms with Gasteiger partial charge in [0.05, 0.1) is 4.92 Å². The van der Waals surface area contributed by atoms with Crippen molar-refractivity contribution in [1.82, 2.24) is 9.97 Å². The van der Waals surface area contributed by atoms with Gasteiger partial charge in [-0.1, -0.05) is 40.0 Å². The standard InChI is InChI=1S/C13H23N5O2/c1-4-5-6-7-13(2,3)8-15-12-10(18(19)20)11(14)16-9-17-12/h9H,4-8H2,1-3H3,(H3,14,15,16,17). The first kappa shape index (κ1) is 16.1. The van der Waals surface area contributed by atoms with Gasteiger partial charge in [-0.25, -0.2) is 9.97 Å². The Kier molecular flexibility index (Phi) is 5.66. The highest BCUT2D eigenvalue weighted by Crippen LogP contribution is 2.29. The Hall–Kier alpha value is -1.92. The zero-order valence-electron chi connectivity index (χ0n) is 12.3. The number of anilines is 2. The Balaban J connectivity index is 2.70. The highest BCUT2D eigenvalue weighted by atomic mass is 16.6. The van der Waals surface area contributed by atoms with Crippen LogP contribution < -0.4 is 11.1 Å². The lowest BCUT2D eigenvalue weighted by Gasteiger charge is -2.25. The van der Waals surface area contributed by atoms with E-state index in [0.717, 1.165) is 12.8 Å². The maximum atomic E-state index is 11.0. The smallest absolute Gasteiger partial charge is 0.352 e. The second-order valence-corrected chi connectivity index (χ2v) is 5.69. The van der Waals surface area contributed by atoms with Crippen LogP contribution in [0.25, 0.3) is 0 Å². The summed E-state index contributed by atoms with van der Waals surface area (Å²) in [5.41, 5.74) is 5.32. The Morgan fingerprint density at radius 1 is 1.40 bits per heavy atom. The van der Waals surface area contributed by atoms with E-state index in [2.05, 4.69) is 36.1 Å². The molecule has 112 valence electrons. The first-order chi connectivity index (χ1) is 9.37. The van der Waals surface area contributed by atoms with Crippen LogP contribution in [0.1, 0.15) is 46.5 Å². The molecule has 1 heterocycles. The number of rotatable bonds is 8. The molecule has 0 aromatic carbocycles. The van der Waals surface area contributed by atoms with E-state index in [9.17, 15) is 10.1 Å². The van der Waals surface area contributed by atoms with Gasteiger partial charge < -0.3 is 11.1 Å². The third-order valence-electron chi connectivity index (χ3n) is 3.22. The van der Waals surface area contributed by atoms with Crippen molar-refractivity contribution in [3.8, 4) is 0 Å². The molecule has 3 N–H and O–H groups in total. The average molecular weight is 281 g/mol. The summed E-state index contributed by atoms with van der Waals surface area (Å²) < 4.78 is 0. The normalized spacial score (nSPS) is 11.3. The molecule has 0 saturated carbocycles. The van der Waals surface area contributed by atoms with Crippen LogP contribution in [0.3, 0.4) is 0 Å². The molecule has 7 nitrogen and oxygen atoms in total. The third kappa shape index (κ3) is 4.64. The van der Waals surface area contributed by atoms with Gasteiger partial charge in [0.1, 0.15) is 6.33 Å². The van der Waals surface area contributed by atoms with Gasteiger partial charge in [0.2, 0.25) is 11.6 Å². The minimum absolute atomic E-state index is 0.0444. The molecular formula is C13H23N5O2. The second-order valence-electron chi connectivity index (χ2n) is 5.69. The van der Waals surface area contributed by atoms with Gasteiger partial charge in [0.15, 0.2) is 0 Å². The zero-order valence-corrected chi connectivity index (χ0v) is 12.3. The van der Waals surface area contributed by atoms with Crippen molar-refractivity contribution >= 4 is 17.3 Å². The lowest BCUT2D eigenvalue weighted by atomic mass is 9.87. The number of unbranched alkanes of at least 4 members (excludes halogenated alkanes) is 2. The number of nitrogens with two attached hydrogens (primary N) is 1. The van der Waals surface area contributed by atoms with Crippen molar-refractivity contribution in [1.29, 1.82) is 0 Å². The van der Waals surface area contributed by atoms with Crippen LogP contribution in [0.15, 0.2) is 6.33 Å². The molecular weight excluding hydrogens is 258 g/mol. The molecule has 0 aliphatic heterocycles. The maximum Gasteiger partial charge on any atom is 0.352 e. The molecule has 0 aliphatic rings. The molecule has 0 unspecified atom stereocenters. The fraction of sp³-hybridized carbons (Fsp3) is 0.692. The van der Waals surface area contributed by atoms with Gasteiger partial charge in [-0.3, -0.25) is 10.1 Å². The quantitative estimate of drug-likeness (QED) is 0.431. The summed E-state index contributed by atoms with van der Waals surface area (Å²) in [6.45, 7) is 7.03. The van der Waals surface area contributed by atoms with Crippen molar-refractivity contribution in [2.75, 3.05) is 17.6 Å². The molecule has 0 bridgehead atoms. The van der Waals surface area contributed by atoms with E-state index in [1.54, 1.807) is 0 Å². The number of hydrogen-bond donors (Lipinski definition) is 2. The summed E-state index contributed by atoms with van der Waals surface area (Å²) in [7, 11) is 0. The van der Waals surface area contributed by atoms with Crippen LogP contribution in [-0.4, -0.2) is 21.4 Å². The molecule has 1 aromatic rings. The Labute approximate surface area is 119 Å². The number of hydrogen-bond acceptors (Lipinski definition) is 6. The summed E-state index contributed by atoms with van der Waals surface area (Å²) in [5.74, 6) is 0.0716. The summed E-state index contributed by atoms with van der Waals surface area (Å²) >= 11 is 0. The summed E-state index contributed by atoms with van der Waals surface area (Å²) in [4.78, 5) is 18.0. The Morgan fingerprint density at radius 3 is 2.70 bits per heavy atom. The fourth-order valence-electron chi connectivity index (χ4n) is 1.97. The number of aromatic nitrogens is 2. The Bertz CT molecular complexity index is 462. The predicted molar refractivity (Wildman–Crippen MR) is 79.5 cm³/mol. The van der Waals surface area contributed by atoms with Crippen molar-refractivity contribution < 1.29 is 4.92 Å². The van der Waals surface area contributed by atoms with Crippen molar-refractivity contribution in [3.63, 3.8) is 0 Å². The van der Waals surface area contributed by atoms with Gasteiger partial charge in [-0.15, -0.1) is 0 Å². The van der Waals surface area contributed by atoms with E-state index in [1.165, 1.54) is 19.2 Å². The summed E-state index contributed by atoms with van der Waals surface area (Å²) in [5, 5.41) is 14.0. The molecule has 0 fully saturated rings. The van der Waals surface area contributed by atoms with Gasteiger partial charge >= 0.3 is 5.69 Å². The SMILES string of the molecule is CCCCCC(C)(C)CNc1ncnc(N)c1[N+](=O)[O-]. The van der Waals surface area contributed by atoms with E-state index in [-0.39, 0.29) is 22.7 Å². The fourth-order valence-corrected chi connectivity index (χ4v) is 1.97. The maximum absolute atomic E-state index is 11.0. The highest BCUT2D eigenvalue weighted by Gasteiger charge is 2.23. The van der Waals surface area contributed by atoms with E-state index in [4.69, 9.17) is 5.73 Å². The first-order valence-corrected chi connectivity index (χ1v) is 6.86. The third-order valence-corrected chi connectivity index (χ3v) is 3.22. The van der Waals surface area contributed by atoms with E-state index >= 15 is 0 Å². The van der Waals surface area contributed by atoms with Crippen LogP contribution in [0.5, 0.6) is 0 Å². The van der Waals surface area contributed by atoms with Crippen LogP contribution in [0, 0.1) is 15.5 Å². The number of nitrogens with zero attached hydrogens (tertiary/aromatic N) is 3. The average Bonchev–Trinajstić information content (AvgIpc) is 2.36. The molecule has 0 aliphatic carbocycles. The number of nitro groups is 1. The molecule has 0 amide bonds. The molecule has 0 atom stereocenters. The monoisotopic (exact) mass is 281 g/mol. The first-order valence-electron chi connectivity index (χ1n) is 6.86. The Morgan fingerprint density at radius 2 is 2.10 bits per heavy atom. The predicted octanol–water partition coefficient (Wildman–Crippen LogP) is 2.99. The summed E-state index contributed by atoms with van der Waals surface area (Å²) in [6.07, 6.45) is 5.82. The van der Waals surface area contributed by atoms with E-state index < -0.39 is 4.92 Å². The van der Waals surface area contributed by atoms with Crippen molar-refractivity contribution in [2.45, 2.75) is 46.5 Å². The lowest BCUT2D eigenvalue weighted by molar-refractivity contribution is -0.383. The van der Waals surface area contributed by atoms with Crippen molar-refractivity contribution in [3.05, 3.63) is 16.4 Å². The molecule has 1 rings (SSSR count). The van der Waals surface area contributed by atoms with Gasteiger partial charge in [-0.05, 0) is 11.8 Å². The molecule has 0 spiro atoms. The van der Waals surface area contributed by atoms with Crippen molar-refractivity contribution in [2.24, 2.45) is 5.41 Å². The van der Waals surface area contributed by atoms with Crippen LogP contribution in [-0.2, 0) is 0 Å². The van der Waals surface area contributed by atoms with Crippen LogP contribution in [0.4, 0.5) is 17.3 Å². The van der Waals surface area contributed by atoms with Crippen LogP contribution in [0.2, 0.25) is 0 Å². The molecule has 7 heteroatoms. The van der Waals surface area contributed by atoms with Gasteiger partial charge in [0, 0.05) is 6.54 Å². The van der Waals surface area contributed by atoms with Gasteiger partial charge in [-0.2, -0.15) is 0 Å². The van der Waals surface area contributed by atoms with E-state index in [0.29, 0.717) is 6.54 Å². The summed E-state index contributed by atoms with van der Waals surface area (Å²) in [6, 6.07) is 0. The minimum Gasteiger partial charge on any atom is -0.378 e. The molecule has 20 heavy (non-hydrogen) atoms. The van der Waals surface area contributed by atoms with E-state index in [1.807, 2.05) is 0 Å². The molecule has 0 saturated heterocycles. The molecule has 1 aromatic heterocycles. The van der Waals surface area contributed by atoms with Crippen LogP contribution >= 0.6 is 0 Å². The van der Waals surface area contributed by atoms with Gasteiger partial charge in [0.25, 0.3) is 0 Å². The molecule has 0 radical (unpaired) electrons. The minimum atomic E-state index is -0.554. The second kappa shape index (κ2) is 7.02. The topological polar surface area (TPSA) is 107 Å².